The van der Waals surface area contributed by atoms with Crippen LogP contribution in [0, 0.1) is 0 Å². The van der Waals surface area contributed by atoms with Crippen molar-refractivity contribution in [2.75, 3.05) is 12.5 Å². The standard InChI is InChI=1S/2CH4O3S.Ag/c2*1-5(2,3)4;/h2*1H3,(H,2,3,4);/q;;+1/p-1. The summed E-state index contributed by atoms with van der Waals surface area (Å²) in [5.41, 5.74) is 0. The van der Waals surface area contributed by atoms with Crippen LogP contribution < -0.4 is 0 Å². The zero-order valence-electron chi connectivity index (χ0n) is 5.61. The molecule has 0 saturated heterocycles. The van der Waals surface area contributed by atoms with Crippen LogP contribution in [0.1, 0.15) is 0 Å². The molecule has 0 aromatic carbocycles. The predicted molar refractivity (Wildman–Crippen MR) is 33.1 cm³/mol. The van der Waals surface area contributed by atoms with E-state index in [1.54, 1.807) is 0 Å². The molecule has 0 atom stereocenters. The van der Waals surface area contributed by atoms with E-state index in [9.17, 15) is 8.42 Å². The minimum Gasteiger partial charge on any atom is -0.748 e. The van der Waals surface area contributed by atoms with E-state index in [2.05, 4.69) is 0 Å². The minimum absolute atomic E-state index is 0. The molecule has 0 bridgehead atoms. The van der Waals surface area contributed by atoms with Crippen LogP contribution in [0.4, 0.5) is 0 Å². The molecule has 0 radical (unpaired) electrons. The average molecular weight is 299 g/mol. The first-order valence-corrected chi connectivity index (χ1v) is 5.50. The van der Waals surface area contributed by atoms with E-state index in [0.717, 1.165) is 0 Å². The third-order valence-electron chi connectivity index (χ3n) is 0. The smallest absolute Gasteiger partial charge is 0.748 e. The van der Waals surface area contributed by atoms with Crippen molar-refractivity contribution < 1.29 is 48.3 Å². The van der Waals surface area contributed by atoms with Crippen molar-refractivity contribution in [3.63, 3.8) is 0 Å². The summed E-state index contributed by atoms with van der Waals surface area (Å²) in [5, 5.41) is 0. The summed E-state index contributed by atoms with van der Waals surface area (Å²) in [4.78, 5) is 0. The quantitative estimate of drug-likeness (QED) is 0.438. The molecule has 0 spiro atoms. The number of hydrogen-bond acceptors (Lipinski definition) is 5. The van der Waals surface area contributed by atoms with Crippen LogP contribution in [0.5, 0.6) is 0 Å². The van der Waals surface area contributed by atoms with Crippen LogP contribution in [-0.4, -0.2) is 38.5 Å². The number of rotatable bonds is 0. The zero-order chi connectivity index (χ0) is 9.00. The average Bonchev–Trinajstić information content (AvgIpc) is 1.12. The van der Waals surface area contributed by atoms with Crippen molar-refractivity contribution >= 4 is 20.2 Å². The van der Waals surface area contributed by atoms with Crippen molar-refractivity contribution in [3.8, 4) is 0 Å². The van der Waals surface area contributed by atoms with Crippen molar-refractivity contribution in [2.45, 2.75) is 0 Å². The molecule has 0 fully saturated rings. The van der Waals surface area contributed by atoms with Crippen LogP contribution in [0.2, 0.25) is 0 Å². The van der Waals surface area contributed by atoms with Gasteiger partial charge in [-0.15, -0.1) is 0 Å². The van der Waals surface area contributed by atoms with E-state index in [-0.39, 0.29) is 22.4 Å². The Hall–Kier alpha value is 0.560. The van der Waals surface area contributed by atoms with Crippen molar-refractivity contribution in [1.82, 2.24) is 0 Å². The predicted octanol–water partition coefficient (Wildman–Crippen LogP) is -1.34. The molecule has 74 valence electrons. The second-order valence-corrected chi connectivity index (χ2v) is 4.31. The van der Waals surface area contributed by atoms with E-state index >= 15 is 0 Å². The van der Waals surface area contributed by atoms with Crippen LogP contribution in [0.15, 0.2) is 0 Å². The topological polar surface area (TPSA) is 112 Å². The first kappa shape index (κ1) is 17.6. The van der Waals surface area contributed by atoms with Crippen molar-refractivity contribution in [1.29, 1.82) is 0 Å². The van der Waals surface area contributed by atoms with Crippen LogP contribution >= 0.6 is 0 Å². The van der Waals surface area contributed by atoms with Gasteiger partial charge in [0, 0.05) is 6.26 Å². The molecular formula is C2H7AgO6S2. The second kappa shape index (κ2) is 6.12. The molecule has 0 unspecified atom stereocenters. The maximum Gasteiger partial charge on any atom is 1.00 e. The number of hydrogen-bond donors (Lipinski definition) is 1. The van der Waals surface area contributed by atoms with Crippen LogP contribution in [-0.2, 0) is 42.6 Å². The van der Waals surface area contributed by atoms with Gasteiger partial charge in [-0.3, -0.25) is 4.55 Å². The van der Waals surface area contributed by atoms with E-state index in [1.807, 2.05) is 0 Å². The Kier molecular flexibility index (Phi) is 9.79. The largest absolute Gasteiger partial charge is 1.00 e. The summed E-state index contributed by atoms with van der Waals surface area (Å²) in [6.45, 7) is 0. The van der Waals surface area contributed by atoms with Gasteiger partial charge in [0.05, 0.1) is 16.4 Å². The molecule has 0 rings (SSSR count). The van der Waals surface area contributed by atoms with Gasteiger partial charge in [-0.05, 0) is 0 Å². The third kappa shape index (κ3) is 2470. The van der Waals surface area contributed by atoms with Gasteiger partial charge in [0.25, 0.3) is 10.1 Å². The minimum atomic E-state index is -3.92. The second-order valence-electron chi connectivity index (χ2n) is 1.44. The fourth-order valence-electron chi connectivity index (χ4n) is 0. The molecule has 0 aliphatic carbocycles. The van der Waals surface area contributed by atoms with Gasteiger partial charge in [-0.1, -0.05) is 0 Å². The Morgan fingerprint density at radius 1 is 1.09 bits per heavy atom. The van der Waals surface area contributed by atoms with Gasteiger partial charge in [0.1, 0.15) is 0 Å². The van der Waals surface area contributed by atoms with E-state index in [1.165, 1.54) is 0 Å². The molecule has 1 N–H and O–H groups in total. The Bertz CT molecular complexity index is 215. The van der Waals surface area contributed by atoms with Gasteiger partial charge >= 0.3 is 22.4 Å². The molecule has 9 heteroatoms. The normalized spacial score (nSPS) is 10.5. The molecule has 0 amide bonds. The fourth-order valence-corrected chi connectivity index (χ4v) is 0. The van der Waals surface area contributed by atoms with Crippen LogP contribution in [0.3, 0.4) is 0 Å². The van der Waals surface area contributed by atoms with Gasteiger partial charge < -0.3 is 4.55 Å². The first-order chi connectivity index (χ1) is 4.00. The summed E-state index contributed by atoms with van der Waals surface area (Å²) in [6.07, 6.45) is 1.32. The van der Waals surface area contributed by atoms with Gasteiger partial charge in [0.2, 0.25) is 0 Å². The third-order valence-corrected chi connectivity index (χ3v) is 0. The maximum atomic E-state index is 9.19. The zero-order valence-corrected chi connectivity index (χ0v) is 8.72. The summed E-state index contributed by atoms with van der Waals surface area (Å²) >= 11 is 0. The Labute approximate surface area is 81.0 Å². The molecule has 0 heterocycles. The Balaban J connectivity index is -0.000000107. The molecular weight excluding hydrogens is 292 g/mol. The summed E-state index contributed by atoms with van der Waals surface area (Å²) in [7, 11) is -7.58. The molecule has 0 aliphatic heterocycles. The van der Waals surface area contributed by atoms with Crippen molar-refractivity contribution in [2.24, 2.45) is 0 Å². The first-order valence-electron chi connectivity index (χ1n) is 1.83. The summed E-state index contributed by atoms with van der Waals surface area (Å²) in [5.74, 6) is 0. The van der Waals surface area contributed by atoms with Crippen LogP contribution in [0.25, 0.3) is 0 Å². The Morgan fingerprint density at radius 3 is 1.09 bits per heavy atom. The summed E-state index contributed by atoms with van der Waals surface area (Å²) < 4.78 is 53.1. The maximum absolute atomic E-state index is 9.19. The van der Waals surface area contributed by atoms with E-state index in [4.69, 9.17) is 17.5 Å². The van der Waals surface area contributed by atoms with E-state index in [0.29, 0.717) is 12.5 Å². The molecule has 11 heavy (non-hydrogen) atoms. The molecule has 6 nitrogen and oxygen atoms in total. The monoisotopic (exact) mass is 298 g/mol. The van der Waals surface area contributed by atoms with Gasteiger partial charge in [0.15, 0.2) is 0 Å². The molecule has 0 aromatic rings. The summed E-state index contributed by atoms with van der Waals surface area (Å²) in [6, 6.07) is 0. The van der Waals surface area contributed by atoms with Gasteiger partial charge in [-0.2, -0.15) is 8.42 Å². The molecule has 0 saturated carbocycles. The molecule has 0 aliphatic rings. The van der Waals surface area contributed by atoms with Gasteiger partial charge in [-0.25, -0.2) is 8.42 Å². The van der Waals surface area contributed by atoms with Crippen molar-refractivity contribution in [3.05, 3.63) is 0 Å². The SMILES string of the molecule is CS(=O)(=O)O.CS(=O)(=O)[O-].[Ag+]. The fraction of sp³-hybridized carbons (Fsp3) is 1.00. The van der Waals surface area contributed by atoms with E-state index < -0.39 is 20.2 Å². The Morgan fingerprint density at radius 2 is 1.09 bits per heavy atom. The molecule has 0 aromatic heterocycles.